The molecule has 1 aliphatic heterocycles. The number of carbonyl (C=O) groups is 1. The van der Waals surface area contributed by atoms with E-state index in [1.54, 1.807) is 0 Å². The molecule has 3 nitrogen and oxygen atoms in total. The summed E-state index contributed by atoms with van der Waals surface area (Å²) in [5.74, 6) is 0.378. The monoisotopic (exact) mass is 261 g/mol. The molecule has 0 N–H and O–H groups in total. The van der Waals surface area contributed by atoms with Crippen LogP contribution in [0.2, 0.25) is 0 Å². The Labute approximate surface area is 115 Å². The molecule has 0 radical (unpaired) electrons. The van der Waals surface area contributed by atoms with Crippen molar-refractivity contribution in [1.29, 1.82) is 0 Å². The molecule has 0 saturated heterocycles. The van der Waals surface area contributed by atoms with Crippen LogP contribution in [0.15, 0.2) is 24.3 Å². The molecule has 0 aliphatic carbocycles. The van der Waals surface area contributed by atoms with Crippen LogP contribution >= 0.6 is 0 Å². The second-order valence-electron chi connectivity index (χ2n) is 5.99. The van der Waals surface area contributed by atoms with E-state index < -0.39 is 0 Å². The molecule has 19 heavy (non-hydrogen) atoms. The van der Waals surface area contributed by atoms with Crippen LogP contribution in [-0.4, -0.2) is 24.7 Å². The van der Waals surface area contributed by atoms with E-state index in [4.69, 9.17) is 4.74 Å². The van der Waals surface area contributed by atoms with Crippen LogP contribution in [0.4, 0.5) is 5.69 Å². The van der Waals surface area contributed by atoms with Gasteiger partial charge in [0.2, 0.25) is 0 Å². The van der Waals surface area contributed by atoms with Gasteiger partial charge in [0.15, 0.2) is 0 Å². The lowest BCUT2D eigenvalue weighted by Gasteiger charge is -2.44. The van der Waals surface area contributed by atoms with E-state index in [2.05, 4.69) is 49.9 Å². The molecule has 0 aromatic heterocycles. The number of benzene rings is 1. The minimum absolute atomic E-state index is 0.179. The predicted molar refractivity (Wildman–Crippen MR) is 77.5 cm³/mol. The smallest absolute Gasteiger partial charge is 0.302 e. The zero-order valence-electron chi connectivity index (χ0n) is 12.3. The Morgan fingerprint density at radius 2 is 2.11 bits per heavy atom. The highest BCUT2D eigenvalue weighted by molar-refractivity contribution is 5.66. The number of esters is 1. The van der Waals surface area contributed by atoms with Crippen molar-refractivity contribution in [3.63, 3.8) is 0 Å². The number of nitrogens with zero attached hydrogens (tertiary/aromatic N) is 1. The molecular formula is C16H23NO2. The Balaban J connectivity index is 2.26. The molecule has 1 aliphatic rings. The second-order valence-corrected chi connectivity index (χ2v) is 5.99. The lowest BCUT2D eigenvalue weighted by molar-refractivity contribution is -0.142. The molecule has 104 valence electrons. The first kappa shape index (κ1) is 13.9. The Hall–Kier alpha value is -1.51. The third-order valence-corrected chi connectivity index (χ3v) is 3.90. The van der Waals surface area contributed by atoms with Gasteiger partial charge in [0.1, 0.15) is 6.61 Å². The van der Waals surface area contributed by atoms with Crippen molar-refractivity contribution >= 4 is 11.7 Å². The van der Waals surface area contributed by atoms with Crippen molar-refractivity contribution in [2.75, 3.05) is 18.1 Å². The summed E-state index contributed by atoms with van der Waals surface area (Å²) in [5, 5.41) is 0. The van der Waals surface area contributed by atoms with Crippen LogP contribution in [0.1, 0.15) is 45.6 Å². The van der Waals surface area contributed by atoms with Crippen molar-refractivity contribution in [3.05, 3.63) is 29.8 Å². The summed E-state index contributed by atoms with van der Waals surface area (Å²) in [6.07, 6.45) is 1.14. The van der Waals surface area contributed by atoms with E-state index in [0.29, 0.717) is 12.5 Å². The van der Waals surface area contributed by atoms with Gasteiger partial charge in [-0.1, -0.05) is 25.1 Å². The molecule has 1 unspecified atom stereocenters. The predicted octanol–water partition coefficient (Wildman–Crippen LogP) is 3.34. The number of hydrogen-bond donors (Lipinski definition) is 0. The Bertz CT molecular complexity index is 468. The molecule has 1 atom stereocenters. The molecular weight excluding hydrogens is 238 g/mol. The number of para-hydroxylation sites is 1. The van der Waals surface area contributed by atoms with E-state index in [1.807, 2.05) is 0 Å². The summed E-state index contributed by atoms with van der Waals surface area (Å²) in [5.41, 5.74) is 2.49. The quantitative estimate of drug-likeness (QED) is 0.782. The highest BCUT2D eigenvalue weighted by Crippen LogP contribution is 2.38. The maximum Gasteiger partial charge on any atom is 0.302 e. The Morgan fingerprint density at radius 3 is 2.79 bits per heavy atom. The molecule has 1 heterocycles. The van der Waals surface area contributed by atoms with E-state index in [0.717, 1.165) is 13.0 Å². The SMILES string of the molecule is CC(=O)OCC(C)(C)N1CCC(C)c2ccccc21. The van der Waals surface area contributed by atoms with Gasteiger partial charge >= 0.3 is 5.97 Å². The zero-order valence-corrected chi connectivity index (χ0v) is 12.3. The van der Waals surface area contributed by atoms with Gasteiger partial charge in [-0.05, 0) is 37.8 Å². The first-order valence-corrected chi connectivity index (χ1v) is 6.92. The fraction of sp³-hybridized carbons (Fsp3) is 0.562. The van der Waals surface area contributed by atoms with Crippen molar-refractivity contribution in [2.24, 2.45) is 0 Å². The number of fused-ring (bicyclic) bond motifs is 1. The number of anilines is 1. The molecule has 0 spiro atoms. The van der Waals surface area contributed by atoms with Gasteiger partial charge in [-0.3, -0.25) is 4.79 Å². The van der Waals surface area contributed by atoms with E-state index in [1.165, 1.54) is 18.2 Å². The van der Waals surface area contributed by atoms with Crippen molar-refractivity contribution in [2.45, 2.75) is 45.6 Å². The molecule has 0 bridgehead atoms. The Kier molecular flexibility index (Phi) is 3.83. The Morgan fingerprint density at radius 1 is 1.42 bits per heavy atom. The van der Waals surface area contributed by atoms with Gasteiger partial charge in [0, 0.05) is 19.2 Å². The average molecular weight is 261 g/mol. The lowest BCUT2D eigenvalue weighted by atomic mass is 9.88. The van der Waals surface area contributed by atoms with Crippen LogP contribution in [0.3, 0.4) is 0 Å². The molecule has 1 aromatic rings. The first-order chi connectivity index (χ1) is 8.92. The number of ether oxygens (including phenoxy) is 1. The summed E-state index contributed by atoms with van der Waals surface area (Å²) >= 11 is 0. The summed E-state index contributed by atoms with van der Waals surface area (Å²) in [6, 6.07) is 8.54. The minimum Gasteiger partial charge on any atom is -0.463 e. The van der Waals surface area contributed by atoms with Crippen molar-refractivity contribution < 1.29 is 9.53 Å². The third kappa shape index (κ3) is 2.91. The summed E-state index contributed by atoms with van der Waals surface area (Å²) in [6.45, 7) is 9.42. The van der Waals surface area contributed by atoms with Crippen LogP contribution in [0.5, 0.6) is 0 Å². The maximum absolute atomic E-state index is 11.0. The molecule has 2 rings (SSSR count). The number of carbonyl (C=O) groups excluding carboxylic acids is 1. The summed E-state index contributed by atoms with van der Waals surface area (Å²) < 4.78 is 5.22. The van der Waals surface area contributed by atoms with Gasteiger partial charge in [0.25, 0.3) is 0 Å². The average Bonchev–Trinajstić information content (AvgIpc) is 2.37. The zero-order chi connectivity index (χ0) is 14.0. The topological polar surface area (TPSA) is 29.5 Å². The molecule has 0 fully saturated rings. The second kappa shape index (κ2) is 5.24. The molecule has 0 saturated carbocycles. The molecule has 1 aromatic carbocycles. The first-order valence-electron chi connectivity index (χ1n) is 6.92. The van der Waals surface area contributed by atoms with Gasteiger partial charge in [-0.25, -0.2) is 0 Å². The molecule has 3 heteroatoms. The lowest BCUT2D eigenvalue weighted by Crippen LogP contribution is -2.50. The van der Waals surface area contributed by atoms with Crippen LogP contribution in [0.25, 0.3) is 0 Å². The van der Waals surface area contributed by atoms with Gasteiger partial charge in [-0.15, -0.1) is 0 Å². The summed E-state index contributed by atoms with van der Waals surface area (Å²) in [4.78, 5) is 13.4. The summed E-state index contributed by atoms with van der Waals surface area (Å²) in [7, 11) is 0. The molecule has 0 amide bonds. The van der Waals surface area contributed by atoms with Crippen LogP contribution in [0, 0.1) is 0 Å². The largest absolute Gasteiger partial charge is 0.463 e. The number of rotatable bonds is 3. The highest BCUT2D eigenvalue weighted by Gasteiger charge is 2.33. The third-order valence-electron chi connectivity index (χ3n) is 3.90. The van der Waals surface area contributed by atoms with E-state index in [-0.39, 0.29) is 11.5 Å². The van der Waals surface area contributed by atoms with Gasteiger partial charge < -0.3 is 9.64 Å². The fourth-order valence-electron chi connectivity index (χ4n) is 2.73. The van der Waals surface area contributed by atoms with Crippen LogP contribution in [-0.2, 0) is 9.53 Å². The van der Waals surface area contributed by atoms with Crippen molar-refractivity contribution in [1.82, 2.24) is 0 Å². The van der Waals surface area contributed by atoms with E-state index >= 15 is 0 Å². The minimum atomic E-state index is -0.216. The van der Waals surface area contributed by atoms with Gasteiger partial charge in [0.05, 0.1) is 5.54 Å². The standard InChI is InChI=1S/C16H23NO2/c1-12-9-10-17(15-8-6-5-7-14(12)15)16(3,4)11-19-13(2)18/h5-8,12H,9-11H2,1-4H3. The normalized spacial score (nSPS) is 18.9. The maximum atomic E-state index is 11.0. The van der Waals surface area contributed by atoms with Crippen LogP contribution < -0.4 is 4.90 Å². The van der Waals surface area contributed by atoms with E-state index in [9.17, 15) is 4.79 Å². The van der Waals surface area contributed by atoms with Gasteiger partial charge in [-0.2, -0.15) is 0 Å². The van der Waals surface area contributed by atoms with Crippen molar-refractivity contribution in [3.8, 4) is 0 Å². The highest BCUT2D eigenvalue weighted by atomic mass is 16.5. The fourth-order valence-corrected chi connectivity index (χ4v) is 2.73. The number of hydrogen-bond acceptors (Lipinski definition) is 3.